The number of nitrogens with zero attached hydrogens (tertiary/aromatic N) is 1. The number of allylic oxidation sites excluding steroid dienone is 1. The van der Waals surface area contributed by atoms with Crippen molar-refractivity contribution >= 4 is 0 Å². The summed E-state index contributed by atoms with van der Waals surface area (Å²) in [5, 5.41) is 0. The van der Waals surface area contributed by atoms with Crippen LogP contribution in [0.15, 0.2) is 11.6 Å². The first kappa shape index (κ1) is 7.80. The quantitative estimate of drug-likeness (QED) is 0.502. The summed E-state index contributed by atoms with van der Waals surface area (Å²) < 4.78 is 0. The largest absolute Gasteiger partial charge is 0.300 e. The molecular formula is C9H17N. The maximum atomic E-state index is 2.48. The lowest BCUT2D eigenvalue weighted by atomic mass is 10.2. The van der Waals surface area contributed by atoms with Gasteiger partial charge in [0.2, 0.25) is 0 Å². The van der Waals surface area contributed by atoms with Crippen molar-refractivity contribution in [1.29, 1.82) is 0 Å². The molecule has 0 fully saturated rings. The van der Waals surface area contributed by atoms with E-state index < -0.39 is 0 Å². The molecule has 10 heavy (non-hydrogen) atoms. The second-order valence-electron chi connectivity index (χ2n) is 3.05. The van der Waals surface area contributed by atoms with Crippen molar-refractivity contribution in [2.75, 3.05) is 19.6 Å². The van der Waals surface area contributed by atoms with E-state index in [2.05, 4.69) is 24.8 Å². The highest BCUT2D eigenvalue weighted by atomic mass is 15.1. The highest BCUT2D eigenvalue weighted by Crippen LogP contribution is 2.09. The van der Waals surface area contributed by atoms with Crippen LogP contribution in [0.5, 0.6) is 0 Å². The summed E-state index contributed by atoms with van der Waals surface area (Å²) >= 11 is 0. The summed E-state index contributed by atoms with van der Waals surface area (Å²) in [6.45, 7) is 8.12. The molecule has 0 aromatic heterocycles. The van der Waals surface area contributed by atoms with E-state index in [9.17, 15) is 0 Å². The van der Waals surface area contributed by atoms with Crippen LogP contribution in [0.25, 0.3) is 0 Å². The maximum absolute atomic E-state index is 2.48. The molecule has 0 saturated heterocycles. The Bertz CT molecular complexity index is 127. The van der Waals surface area contributed by atoms with E-state index in [0.29, 0.717) is 0 Å². The van der Waals surface area contributed by atoms with Crippen molar-refractivity contribution in [1.82, 2.24) is 4.90 Å². The molecule has 1 heterocycles. The van der Waals surface area contributed by atoms with E-state index in [0.717, 1.165) is 0 Å². The van der Waals surface area contributed by atoms with Gasteiger partial charge in [0.1, 0.15) is 0 Å². The third-order valence-corrected chi connectivity index (χ3v) is 2.19. The molecule has 0 aromatic rings. The summed E-state index contributed by atoms with van der Waals surface area (Å²) in [5.41, 5.74) is 1.57. The molecule has 0 unspecified atom stereocenters. The van der Waals surface area contributed by atoms with Gasteiger partial charge in [-0.2, -0.15) is 0 Å². The second kappa shape index (κ2) is 3.77. The molecule has 0 bridgehead atoms. The number of hydrogen-bond acceptors (Lipinski definition) is 1. The first-order chi connectivity index (χ1) is 4.83. The van der Waals surface area contributed by atoms with Crippen LogP contribution >= 0.6 is 0 Å². The molecule has 1 heteroatoms. The first-order valence-electron chi connectivity index (χ1n) is 4.21. The average molecular weight is 139 g/mol. The molecule has 0 radical (unpaired) electrons. The van der Waals surface area contributed by atoms with Crippen molar-refractivity contribution in [2.24, 2.45) is 0 Å². The minimum absolute atomic E-state index is 1.17. The molecule has 0 N–H and O–H groups in total. The minimum Gasteiger partial charge on any atom is -0.300 e. The molecular weight excluding hydrogens is 122 g/mol. The van der Waals surface area contributed by atoms with Crippen LogP contribution in [-0.4, -0.2) is 24.5 Å². The van der Waals surface area contributed by atoms with Crippen LogP contribution in [0.3, 0.4) is 0 Å². The second-order valence-corrected chi connectivity index (χ2v) is 3.05. The molecule has 0 saturated carbocycles. The minimum atomic E-state index is 1.17. The van der Waals surface area contributed by atoms with Gasteiger partial charge in [0.05, 0.1) is 0 Å². The van der Waals surface area contributed by atoms with Crippen LogP contribution in [-0.2, 0) is 0 Å². The molecule has 0 aromatic carbocycles. The van der Waals surface area contributed by atoms with Gasteiger partial charge in [-0.05, 0) is 32.9 Å². The molecule has 58 valence electrons. The standard InChI is InChI=1S/C9H17N/c1-3-10-7-4-5-9(2)6-8-10/h6H,3-5,7-8H2,1-2H3. The Morgan fingerprint density at radius 3 is 3.10 bits per heavy atom. The fourth-order valence-electron chi connectivity index (χ4n) is 1.35. The normalized spacial score (nSPS) is 22.0. The van der Waals surface area contributed by atoms with Gasteiger partial charge in [0.25, 0.3) is 0 Å². The molecule has 0 aliphatic carbocycles. The van der Waals surface area contributed by atoms with Gasteiger partial charge in [0.15, 0.2) is 0 Å². The van der Waals surface area contributed by atoms with Crippen LogP contribution < -0.4 is 0 Å². The fourth-order valence-corrected chi connectivity index (χ4v) is 1.35. The molecule has 1 aliphatic heterocycles. The van der Waals surface area contributed by atoms with Gasteiger partial charge in [-0.1, -0.05) is 18.6 Å². The van der Waals surface area contributed by atoms with E-state index in [4.69, 9.17) is 0 Å². The molecule has 0 amide bonds. The van der Waals surface area contributed by atoms with Crippen molar-refractivity contribution < 1.29 is 0 Å². The Hall–Kier alpha value is -0.300. The van der Waals surface area contributed by atoms with Crippen LogP contribution in [0.1, 0.15) is 26.7 Å². The smallest absolute Gasteiger partial charge is 0.0165 e. The third kappa shape index (κ3) is 2.14. The highest BCUT2D eigenvalue weighted by molar-refractivity contribution is 5.01. The Kier molecular flexibility index (Phi) is 2.94. The van der Waals surface area contributed by atoms with E-state index in [1.165, 1.54) is 32.5 Å². The van der Waals surface area contributed by atoms with E-state index in [1.54, 1.807) is 5.57 Å². The first-order valence-corrected chi connectivity index (χ1v) is 4.21. The van der Waals surface area contributed by atoms with Gasteiger partial charge < -0.3 is 0 Å². The Morgan fingerprint density at radius 1 is 1.60 bits per heavy atom. The number of likely N-dealkylation sites (N-methyl/N-ethyl adjacent to an activating group) is 1. The van der Waals surface area contributed by atoms with Crippen LogP contribution in [0.2, 0.25) is 0 Å². The third-order valence-electron chi connectivity index (χ3n) is 2.19. The molecule has 1 aliphatic rings. The molecule has 0 spiro atoms. The van der Waals surface area contributed by atoms with E-state index in [-0.39, 0.29) is 0 Å². The molecule has 1 rings (SSSR count). The van der Waals surface area contributed by atoms with Crippen LogP contribution in [0.4, 0.5) is 0 Å². The van der Waals surface area contributed by atoms with Gasteiger partial charge >= 0.3 is 0 Å². The van der Waals surface area contributed by atoms with Crippen molar-refractivity contribution in [2.45, 2.75) is 26.7 Å². The zero-order chi connectivity index (χ0) is 7.40. The SMILES string of the molecule is CCN1CC=C(C)CCC1. The Morgan fingerprint density at radius 2 is 2.40 bits per heavy atom. The van der Waals surface area contributed by atoms with E-state index in [1.807, 2.05) is 0 Å². The predicted molar refractivity (Wildman–Crippen MR) is 45.1 cm³/mol. The predicted octanol–water partition coefficient (Wildman–Crippen LogP) is 2.05. The lowest BCUT2D eigenvalue weighted by Crippen LogP contribution is -2.23. The average Bonchev–Trinajstić information content (AvgIpc) is 2.14. The number of hydrogen-bond donors (Lipinski definition) is 0. The molecule has 0 atom stereocenters. The summed E-state index contributed by atoms with van der Waals surface area (Å²) in [7, 11) is 0. The van der Waals surface area contributed by atoms with Crippen molar-refractivity contribution in [3.05, 3.63) is 11.6 Å². The topological polar surface area (TPSA) is 3.24 Å². The maximum Gasteiger partial charge on any atom is 0.0165 e. The summed E-state index contributed by atoms with van der Waals surface area (Å²) in [5.74, 6) is 0. The number of rotatable bonds is 1. The Labute approximate surface area is 63.7 Å². The van der Waals surface area contributed by atoms with Crippen molar-refractivity contribution in [3.8, 4) is 0 Å². The summed E-state index contributed by atoms with van der Waals surface area (Å²) in [6.07, 6.45) is 5.00. The lowest BCUT2D eigenvalue weighted by molar-refractivity contribution is 0.321. The summed E-state index contributed by atoms with van der Waals surface area (Å²) in [4.78, 5) is 2.48. The van der Waals surface area contributed by atoms with Gasteiger partial charge in [0, 0.05) is 6.54 Å². The zero-order valence-corrected chi connectivity index (χ0v) is 7.06. The van der Waals surface area contributed by atoms with Gasteiger partial charge in [-0.3, -0.25) is 4.90 Å². The van der Waals surface area contributed by atoms with Crippen LogP contribution in [0, 0.1) is 0 Å². The lowest BCUT2D eigenvalue weighted by Gasteiger charge is -2.15. The van der Waals surface area contributed by atoms with Crippen molar-refractivity contribution in [3.63, 3.8) is 0 Å². The summed E-state index contributed by atoms with van der Waals surface area (Å²) in [6, 6.07) is 0. The molecule has 1 nitrogen and oxygen atoms in total. The van der Waals surface area contributed by atoms with Gasteiger partial charge in [-0.15, -0.1) is 0 Å². The van der Waals surface area contributed by atoms with Gasteiger partial charge in [-0.25, -0.2) is 0 Å². The zero-order valence-electron chi connectivity index (χ0n) is 7.06. The van der Waals surface area contributed by atoms with E-state index >= 15 is 0 Å². The Balaban J connectivity index is 2.40. The monoisotopic (exact) mass is 139 g/mol. The highest BCUT2D eigenvalue weighted by Gasteiger charge is 2.03. The fraction of sp³-hybridized carbons (Fsp3) is 0.778.